The van der Waals surface area contributed by atoms with Crippen molar-refractivity contribution in [2.45, 2.75) is 26.4 Å². The van der Waals surface area contributed by atoms with Crippen molar-refractivity contribution in [2.75, 3.05) is 11.4 Å². The maximum absolute atomic E-state index is 5.69. The van der Waals surface area contributed by atoms with Gasteiger partial charge in [-0.1, -0.05) is 30.3 Å². The number of nitrogens with zero attached hydrogens (tertiary/aromatic N) is 2. The largest absolute Gasteiger partial charge is 0.352 e. The molecule has 0 saturated heterocycles. The monoisotopic (exact) mass is 253 g/mol. The number of nitrogens with two attached hydrogens (primary N) is 1. The van der Waals surface area contributed by atoms with Crippen LogP contribution < -0.4 is 10.6 Å². The van der Waals surface area contributed by atoms with Gasteiger partial charge in [0.2, 0.25) is 0 Å². The Morgan fingerprint density at radius 2 is 1.95 bits per heavy atom. The first-order valence-electron chi connectivity index (χ1n) is 6.76. The van der Waals surface area contributed by atoms with Crippen molar-refractivity contribution < 1.29 is 0 Å². The van der Waals surface area contributed by atoms with Gasteiger partial charge < -0.3 is 10.6 Å². The molecule has 1 aromatic heterocycles. The molecule has 0 amide bonds. The van der Waals surface area contributed by atoms with Crippen LogP contribution in [0.3, 0.4) is 0 Å². The fourth-order valence-corrected chi connectivity index (χ4v) is 2.66. The van der Waals surface area contributed by atoms with E-state index in [-0.39, 0.29) is 0 Å². The second kappa shape index (κ2) is 5.02. The first-order valence-corrected chi connectivity index (χ1v) is 6.76. The fourth-order valence-electron chi connectivity index (χ4n) is 2.66. The van der Waals surface area contributed by atoms with Gasteiger partial charge in [-0.15, -0.1) is 0 Å². The molecule has 98 valence electrons. The topological polar surface area (TPSA) is 42.2 Å². The molecule has 3 heteroatoms. The predicted molar refractivity (Wildman–Crippen MR) is 78.1 cm³/mol. The van der Waals surface area contributed by atoms with Crippen molar-refractivity contribution in [1.82, 2.24) is 4.98 Å². The summed E-state index contributed by atoms with van der Waals surface area (Å²) < 4.78 is 0. The average molecular weight is 253 g/mol. The minimum atomic E-state index is 0.557. The van der Waals surface area contributed by atoms with Crippen LogP contribution in [-0.4, -0.2) is 11.5 Å². The molecule has 0 aliphatic carbocycles. The zero-order chi connectivity index (χ0) is 13.2. The molecule has 0 saturated carbocycles. The molecule has 0 spiro atoms. The minimum absolute atomic E-state index is 0.557. The van der Waals surface area contributed by atoms with E-state index in [1.54, 1.807) is 0 Å². The summed E-state index contributed by atoms with van der Waals surface area (Å²) in [5.74, 6) is 1.06. The van der Waals surface area contributed by atoms with Crippen LogP contribution in [0.5, 0.6) is 0 Å². The molecule has 1 aliphatic rings. The Kier molecular flexibility index (Phi) is 3.22. The van der Waals surface area contributed by atoms with Gasteiger partial charge in [0.1, 0.15) is 5.82 Å². The zero-order valence-corrected chi connectivity index (χ0v) is 11.3. The van der Waals surface area contributed by atoms with E-state index in [1.165, 1.54) is 11.1 Å². The predicted octanol–water partition coefficient (Wildman–Crippen LogP) is 2.41. The highest BCUT2D eigenvalue weighted by atomic mass is 15.2. The van der Waals surface area contributed by atoms with Crippen molar-refractivity contribution in [3.05, 3.63) is 58.8 Å². The number of fused-ring (bicyclic) bond motifs is 1. The molecule has 2 aromatic rings. The quantitative estimate of drug-likeness (QED) is 0.893. The van der Waals surface area contributed by atoms with Crippen molar-refractivity contribution in [2.24, 2.45) is 5.73 Å². The van der Waals surface area contributed by atoms with E-state index in [1.807, 2.05) is 6.92 Å². The molecule has 0 radical (unpaired) electrons. The molecule has 0 atom stereocenters. The average Bonchev–Trinajstić information content (AvgIpc) is 2.46. The molecule has 0 unspecified atom stereocenters. The van der Waals surface area contributed by atoms with Crippen LogP contribution in [0, 0.1) is 6.92 Å². The zero-order valence-electron chi connectivity index (χ0n) is 11.3. The Morgan fingerprint density at radius 1 is 1.16 bits per heavy atom. The Morgan fingerprint density at radius 3 is 2.68 bits per heavy atom. The number of pyridine rings is 1. The molecule has 3 nitrogen and oxygen atoms in total. The summed E-state index contributed by atoms with van der Waals surface area (Å²) in [6.07, 6.45) is 1.09. The molecular formula is C16H19N3. The third kappa shape index (κ3) is 2.34. The van der Waals surface area contributed by atoms with Gasteiger partial charge in [0.05, 0.1) is 0 Å². The van der Waals surface area contributed by atoms with Crippen LogP contribution in [-0.2, 0) is 19.5 Å². The molecule has 2 heterocycles. The Hall–Kier alpha value is -1.87. The van der Waals surface area contributed by atoms with Crippen molar-refractivity contribution in [3.63, 3.8) is 0 Å². The van der Waals surface area contributed by atoms with Crippen LogP contribution in [0.1, 0.15) is 22.4 Å². The van der Waals surface area contributed by atoms with E-state index in [0.717, 1.165) is 36.6 Å². The van der Waals surface area contributed by atoms with Gasteiger partial charge >= 0.3 is 0 Å². The van der Waals surface area contributed by atoms with Gasteiger partial charge in [0.15, 0.2) is 0 Å². The molecule has 0 fully saturated rings. The van der Waals surface area contributed by atoms with E-state index in [4.69, 9.17) is 5.73 Å². The lowest BCUT2D eigenvalue weighted by molar-refractivity contribution is 0.718. The lowest BCUT2D eigenvalue weighted by Crippen LogP contribution is -2.31. The lowest BCUT2D eigenvalue weighted by atomic mass is 10.00. The van der Waals surface area contributed by atoms with Crippen LogP contribution in [0.15, 0.2) is 36.4 Å². The highest BCUT2D eigenvalue weighted by Crippen LogP contribution is 2.23. The number of rotatable bonds is 2. The van der Waals surface area contributed by atoms with Gasteiger partial charge in [-0.3, -0.25) is 0 Å². The van der Waals surface area contributed by atoms with E-state index < -0.39 is 0 Å². The standard InChI is InChI=1S/C16H19N3/c1-12-14(10-17)6-7-16(18-12)19-9-8-13-4-2-3-5-15(13)11-19/h2-7H,8-11,17H2,1H3. The second-order valence-corrected chi connectivity index (χ2v) is 5.06. The second-order valence-electron chi connectivity index (χ2n) is 5.06. The summed E-state index contributed by atoms with van der Waals surface area (Å²) in [5.41, 5.74) is 10.7. The number of aromatic nitrogens is 1. The third-order valence-electron chi connectivity index (χ3n) is 3.86. The molecule has 19 heavy (non-hydrogen) atoms. The summed E-state index contributed by atoms with van der Waals surface area (Å²) in [7, 11) is 0. The molecular weight excluding hydrogens is 234 g/mol. The molecule has 3 rings (SSSR count). The molecule has 1 aliphatic heterocycles. The van der Waals surface area contributed by atoms with E-state index in [0.29, 0.717) is 6.54 Å². The number of hydrogen-bond acceptors (Lipinski definition) is 3. The first-order chi connectivity index (χ1) is 9.28. The minimum Gasteiger partial charge on any atom is -0.352 e. The molecule has 2 N–H and O–H groups in total. The van der Waals surface area contributed by atoms with Crippen molar-refractivity contribution in [3.8, 4) is 0 Å². The summed E-state index contributed by atoms with van der Waals surface area (Å²) >= 11 is 0. The summed E-state index contributed by atoms with van der Waals surface area (Å²) in [5, 5.41) is 0. The fraction of sp³-hybridized carbons (Fsp3) is 0.312. The summed E-state index contributed by atoms with van der Waals surface area (Å²) in [4.78, 5) is 7.03. The van der Waals surface area contributed by atoms with Gasteiger partial charge in [0, 0.05) is 25.3 Å². The first kappa shape index (κ1) is 12.2. The van der Waals surface area contributed by atoms with E-state index in [9.17, 15) is 0 Å². The van der Waals surface area contributed by atoms with Crippen LogP contribution in [0.2, 0.25) is 0 Å². The van der Waals surface area contributed by atoms with Crippen LogP contribution in [0.25, 0.3) is 0 Å². The highest BCUT2D eigenvalue weighted by Gasteiger charge is 2.17. The number of benzene rings is 1. The van der Waals surface area contributed by atoms with Crippen LogP contribution >= 0.6 is 0 Å². The number of aryl methyl sites for hydroxylation is 1. The molecule has 1 aromatic carbocycles. The van der Waals surface area contributed by atoms with E-state index >= 15 is 0 Å². The smallest absolute Gasteiger partial charge is 0.129 e. The van der Waals surface area contributed by atoms with Gasteiger partial charge in [-0.05, 0) is 36.1 Å². The van der Waals surface area contributed by atoms with Crippen molar-refractivity contribution in [1.29, 1.82) is 0 Å². The lowest BCUT2D eigenvalue weighted by Gasteiger charge is -2.30. The van der Waals surface area contributed by atoms with E-state index in [2.05, 4.69) is 46.3 Å². The van der Waals surface area contributed by atoms with Crippen LogP contribution in [0.4, 0.5) is 5.82 Å². The summed E-state index contributed by atoms with van der Waals surface area (Å²) in [6.45, 7) is 4.57. The SMILES string of the molecule is Cc1nc(N2CCc3ccccc3C2)ccc1CN. The third-order valence-corrected chi connectivity index (χ3v) is 3.86. The molecule has 0 bridgehead atoms. The Balaban J connectivity index is 1.87. The van der Waals surface area contributed by atoms with Gasteiger partial charge in [-0.25, -0.2) is 4.98 Å². The van der Waals surface area contributed by atoms with Crippen molar-refractivity contribution >= 4 is 5.82 Å². The maximum Gasteiger partial charge on any atom is 0.129 e. The Labute approximate surface area is 114 Å². The normalized spacial score (nSPS) is 14.3. The number of hydrogen-bond donors (Lipinski definition) is 1. The number of anilines is 1. The maximum atomic E-state index is 5.69. The Bertz CT molecular complexity index is 592. The highest BCUT2D eigenvalue weighted by molar-refractivity contribution is 5.45. The van der Waals surface area contributed by atoms with Gasteiger partial charge in [-0.2, -0.15) is 0 Å². The summed E-state index contributed by atoms with van der Waals surface area (Å²) in [6, 6.07) is 12.8. The van der Waals surface area contributed by atoms with Gasteiger partial charge in [0.25, 0.3) is 0 Å².